The lowest BCUT2D eigenvalue weighted by Crippen LogP contribution is -2.02. The van der Waals surface area contributed by atoms with Gasteiger partial charge in [-0.2, -0.15) is 0 Å². The van der Waals surface area contributed by atoms with Crippen molar-refractivity contribution in [3.05, 3.63) is 57.0 Å². The van der Waals surface area contributed by atoms with Gasteiger partial charge in [-0.15, -0.1) is 0 Å². The molecule has 2 nitrogen and oxygen atoms in total. The van der Waals surface area contributed by atoms with Crippen molar-refractivity contribution in [2.45, 2.75) is 6.61 Å². The van der Waals surface area contributed by atoms with Gasteiger partial charge in [0, 0.05) is 11.6 Å². The third-order valence-electron chi connectivity index (χ3n) is 2.47. The van der Waals surface area contributed by atoms with E-state index in [4.69, 9.17) is 22.1 Å². The molecule has 2 aromatic rings. The molecule has 0 saturated heterocycles. The normalized spacial score (nSPS) is 10.5. The monoisotopic (exact) mass is 347 g/mol. The summed E-state index contributed by atoms with van der Waals surface area (Å²) in [5, 5.41) is 0.0102. The van der Waals surface area contributed by atoms with Gasteiger partial charge in [-0.3, -0.25) is 0 Å². The van der Waals surface area contributed by atoms with Gasteiger partial charge in [0.05, 0.1) is 15.2 Å². The van der Waals surface area contributed by atoms with Gasteiger partial charge in [-0.1, -0.05) is 23.7 Å². The van der Waals surface area contributed by atoms with Gasteiger partial charge in [0.25, 0.3) is 0 Å². The summed E-state index contributed by atoms with van der Waals surface area (Å²) in [6.45, 7) is -0.0856. The first-order chi connectivity index (χ1) is 8.99. The van der Waals surface area contributed by atoms with E-state index >= 15 is 0 Å². The van der Waals surface area contributed by atoms with E-state index in [2.05, 4.69) is 15.9 Å². The molecule has 0 amide bonds. The largest absolute Gasteiger partial charge is 0.487 e. The quantitative estimate of drug-likeness (QED) is 0.826. The molecule has 0 unspecified atom stereocenters. The molecule has 2 N–H and O–H groups in total. The van der Waals surface area contributed by atoms with Gasteiger partial charge in [0.1, 0.15) is 24.0 Å². The maximum atomic E-state index is 13.6. The zero-order valence-electron chi connectivity index (χ0n) is 9.59. The molecule has 0 aromatic heterocycles. The Balaban J connectivity index is 2.19. The first kappa shape index (κ1) is 14.1. The average Bonchev–Trinajstić information content (AvgIpc) is 2.37. The summed E-state index contributed by atoms with van der Waals surface area (Å²) in [5.41, 5.74) is 6.21. The number of anilines is 1. The Bertz CT molecular complexity index is 622. The summed E-state index contributed by atoms with van der Waals surface area (Å²) in [7, 11) is 0. The number of nitrogen functional groups attached to an aromatic ring is 1. The third kappa shape index (κ3) is 3.16. The van der Waals surface area contributed by atoms with E-state index in [9.17, 15) is 8.78 Å². The first-order valence-electron chi connectivity index (χ1n) is 5.29. The molecular formula is C13H9BrClF2NO. The Morgan fingerprint density at radius 3 is 2.74 bits per heavy atom. The number of rotatable bonds is 3. The van der Waals surface area contributed by atoms with Crippen LogP contribution in [-0.2, 0) is 6.61 Å². The highest BCUT2D eigenvalue weighted by molar-refractivity contribution is 9.10. The number of ether oxygens (including phenoxy) is 1. The molecule has 0 fully saturated rings. The van der Waals surface area contributed by atoms with E-state index in [0.717, 1.165) is 6.07 Å². The van der Waals surface area contributed by atoms with E-state index in [1.807, 2.05) is 0 Å². The van der Waals surface area contributed by atoms with Crippen molar-refractivity contribution < 1.29 is 13.5 Å². The van der Waals surface area contributed by atoms with E-state index in [-0.39, 0.29) is 33.1 Å². The lowest BCUT2D eigenvalue weighted by atomic mass is 10.2. The minimum Gasteiger partial charge on any atom is -0.487 e. The Kier molecular flexibility index (Phi) is 4.27. The molecule has 0 bridgehead atoms. The second-order valence-electron chi connectivity index (χ2n) is 3.81. The van der Waals surface area contributed by atoms with Crippen LogP contribution < -0.4 is 10.5 Å². The number of nitrogens with two attached hydrogens (primary N) is 1. The second kappa shape index (κ2) is 5.75. The molecule has 0 saturated carbocycles. The lowest BCUT2D eigenvalue weighted by molar-refractivity contribution is 0.300. The van der Waals surface area contributed by atoms with Gasteiger partial charge in [0.2, 0.25) is 0 Å². The number of benzene rings is 2. The van der Waals surface area contributed by atoms with Crippen LogP contribution in [0.15, 0.2) is 34.8 Å². The molecule has 2 rings (SSSR count). The van der Waals surface area contributed by atoms with Crippen molar-refractivity contribution in [1.82, 2.24) is 0 Å². The van der Waals surface area contributed by atoms with Crippen molar-refractivity contribution in [1.29, 1.82) is 0 Å². The van der Waals surface area contributed by atoms with Gasteiger partial charge >= 0.3 is 0 Å². The molecule has 2 aromatic carbocycles. The number of halogens is 4. The standard InChI is InChI=1S/C13H9BrClF2NO/c14-8-4-11(18)12(5-10(8)16)19-6-7-2-1-3-9(15)13(7)17/h1-5H,6,18H2. The van der Waals surface area contributed by atoms with Gasteiger partial charge in [-0.05, 0) is 28.1 Å². The van der Waals surface area contributed by atoms with Gasteiger partial charge < -0.3 is 10.5 Å². The average molecular weight is 349 g/mol. The fourth-order valence-electron chi connectivity index (χ4n) is 1.48. The Morgan fingerprint density at radius 1 is 1.26 bits per heavy atom. The Morgan fingerprint density at radius 2 is 2.00 bits per heavy atom. The number of hydrogen-bond acceptors (Lipinski definition) is 2. The molecule has 0 aliphatic heterocycles. The minimum atomic E-state index is -0.555. The minimum absolute atomic E-state index is 0.0102. The summed E-state index contributed by atoms with van der Waals surface area (Å²) < 4.78 is 32.5. The van der Waals surface area contributed by atoms with Crippen LogP contribution in [0.25, 0.3) is 0 Å². The summed E-state index contributed by atoms with van der Waals surface area (Å²) in [6.07, 6.45) is 0. The van der Waals surface area contributed by atoms with Crippen LogP contribution in [-0.4, -0.2) is 0 Å². The Hall–Kier alpha value is -1.33. The van der Waals surface area contributed by atoms with Crippen LogP contribution in [0.2, 0.25) is 5.02 Å². The molecule has 0 aliphatic rings. The van der Waals surface area contributed by atoms with Crippen molar-refractivity contribution in [2.75, 3.05) is 5.73 Å². The molecule has 0 radical (unpaired) electrons. The molecule has 100 valence electrons. The van der Waals surface area contributed by atoms with Crippen LogP contribution in [0, 0.1) is 11.6 Å². The molecular weight excluding hydrogens is 340 g/mol. The smallest absolute Gasteiger partial charge is 0.148 e. The van der Waals surface area contributed by atoms with E-state index in [0.29, 0.717) is 0 Å². The topological polar surface area (TPSA) is 35.2 Å². The van der Waals surface area contributed by atoms with E-state index in [1.54, 1.807) is 6.07 Å². The summed E-state index contributed by atoms with van der Waals surface area (Å²) in [5.74, 6) is -0.906. The second-order valence-corrected chi connectivity index (χ2v) is 5.07. The number of hydrogen-bond donors (Lipinski definition) is 1. The van der Waals surface area contributed by atoms with Crippen LogP contribution in [0.1, 0.15) is 5.56 Å². The fourth-order valence-corrected chi connectivity index (χ4v) is 2.04. The summed E-state index contributed by atoms with van der Waals surface area (Å²) >= 11 is 8.66. The predicted molar refractivity (Wildman–Crippen MR) is 74.3 cm³/mol. The van der Waals surface area contributed by atoms with Crippen molar-refractivity contribution in [3.8, 4) is 5.75 Å². The lowest BCUT2D eigenvalue weighted by Gasteiger charge is -2.10. The van der Waals surface area contributed by atoms with Crippen LogP contribution in [0.4, 0.5) is 14.5 Å². The highest BCUT2D eigenvalue weighted by Gasteiger charge is 2.10. The van der Waals surface area contributed by atoms with E-state index in [1.165, 1.54) is 18.2 Å². The summed E-state index contributed by atoms with van der Waals surface area (Å²) in [6, 6.07) is 7.11. The molecule has 0 heterocycles. The van der Waals surface area contributed by atoms with Crippen LogP contribution in [0.3, 0.4) is 0 Å². The van der Waals surface area contributed by atoms with Crippen LogP contribution in [0.5, 0.6) is 5.75 Å². The molecule has 0 aliphatic carbocycles. The maximum Gasteiger partial charge on any atom is 0.148 e. The molecule has 6 heteroatoms. The van der Waals surface area contributed by atoms with Crippen molar-refractivity contribution in [3.63, 3.8) is 0 Å². The maximum absolute atomic E-state index is 13.6. The van der Waals surface area contributed by atoms with Gasteiger partial charge in [0.15, 0.2) is 0 Å². The summed E-state index contributed by atoms with van der Waals surface area (Å²) in [4.78, 5) is 0. The molecule has 19 heavy (non-hydrogen) atoms. The highest BCUT2D eigenvalue weighted by atomic mass is 79.9. The third-order valence-corrected chi connectivity index (χ3v) is 3.37. The Labute approximate surface area is 122 Å². The SMILES string of the molecule is Nc1cc(Br)c(F)cc1OCc1cccc(Cl)c1F. The first-order valence-corrected chi connectivity index (χ1v) is 6.46. The van der Waals surface area contributed by atoms with Crippen LogP contribution >= 0.6 is 27.5 Å². The van der Waals surface area contributed by atoms with E-state index < -0.39 is 11.6 Å². The fraction of sp³-hybridized carbons (Fsp3) is 0.0769. The van der Waals surface area contributed by atoms with Crippen molar-refractivity contribution in [2.24, 2.45) is 0 Å². The van der Waals surface area contributed by atoms with Gasteiger partial charge in [-0.25, -0.2) is 8.78 Å². The molecule has 0 spiro atoms. The zero-order chi connectivity index (χ0) is 14.0. The zero-order valence-corrected chi connectivity index (χ0v) is 11.9. The molecule has 0 atom stereocenters. The van der Waals surface area contributed by atoms with Crippen molar-refractivity contribution >= 4 is 33.2 Å². The predicted octanol–water partition coefficient (Wildman–Crippen LogP) is 4.54. The highest BCUT2D eigenvalue weighted by Crippen LogP contribution is 2.29.